The fraction of sp³-hybridized carbons (Fsp3) is 0.625. The van der Waals surface area contributed by atoms with Crippen LogP contribution in [0, 0.1) is 13.8 Å². The fourth-order valence-electron chi connectivity index (χ4n) is 1.95. The smallest absolute Gasteiger partial charge is 0.0587 e. The van der Waals surface area contributed by atoms with Gasteiger partial charge in [-0.2, -0.15) is 0 Å². The van der Waals surface area contributed by atoms with Crippen molar-refractivity contribution in [3.05, 3.63) is 34.9 Å². The summed E-state index contributed by atoms with van der Waals surface area (Å²) in [5.41, 5.74) is 4.19. The zero-order valence-electron chi connectivity index (χ0n) is 12.6. The predicted molar refractivity (Wildman–Crippen MR) is 81.9 cm³/mol. The van der Waals surface area contributed by atoms with Crippen molar-refractivity contribution in [2.24, 2.45) is 0 Å². The minimum absolute atomic E-state index is 0.792. The van der Waals surface area contributed by atoms with Crippen molar-refractivity contribution in [1.82, 2.24) is 10.6 Å². The molecule has 0 radical (unpaired) electrons. The Labute approximate surface area is 117 Å². The lowest BCUT2D eigenvalue weighted by Crippen LogP contribution is -2.25. The van der Waals surface area contributed by atoms with Crippen molar-refractivity contribution in [3.63, 3.8) is 0 Å². The average Bonchev–Trinajstić information content (AvgIpc) is 2.41. The SMILES string of the molecule is COCCNCCCNCCc1ccc(C)c(C)c1. The molecule has 0 amide bonds. The Morgan fingerprint density at radius 3 is 2.37 bits per heavy atom. The van der Waals surface area contributed by atoms with Gasteiger partial charge in [0.25, 0.3) is 0 Å². The molecule has 1 aromatic carbocycles. The van der Waals surface area contributed by atoms with E-state index in [4.69, 9.17) is 4.74 Å². The molecule has 0 saturated carbocycles. The number of methoxy groups -OCH3 is 1. The minimum atomic E-state index is 0.792. The fourth-order valence-corrected chi connectivity index (χ4v) is 1.95. The molecule has 0 heterocycles. The molecule has 0 saturated heterocycles. The maximum absolute atomic E-state index is 4.98. The largest absolute Gasteiger partial charge is 0.383 e. The van der Waals surface area contributed by atoms with Crippen LogP contribution in [0.1, 0.15) is 23.1 Å². The summed E-state index contributed by atoms with van der Waals surface area (Å²) in [6.07, 6.45) is 2.27. The van der Waals surface area contributed by atoms with E-state index in [1.54, 1.807) is 7.11 Å². The predicted octanol–water partition coefficient (Wildman–Crippen LogP) is 2.06. The summed E-state index contributed by atoms with van der Waals surface area (Å²) < 4.78 is 4.98. The first-order valence-electron chi connectivity index (χ1n) is 7.20. The second kappa shape index (κ2) is 9.96. The van der Waals surface area contributed by atoms with Gasteiger partial charge in [0.05, 0.1) is 6.61 Å². The van der Waals surface area contributed by atoms with Crippen molar-refractivity contribution in [2.45, 2.75) is 26.7 Å². The van der Waals surface area contributed by atoms with E-state index >= 15 is 0 Å². The molecule has 0 fully saturated rings. The van der Waals surface area contributed by atoms with E-state index in [0.717, 1.165) is 45.6 Å². The molecule has 0 unspecified atom stereocenters. The molecule has 108 valence electrons. The number of ether oxygens (including phenoxy) is 1. The summed E-state index contributed by atoms with van der Waals surface area (Å²) in [6.45, 7) is 9.26. The van der Waals surface area contributed by atoms with Crippen molar-refractivity contribution >= 4 is 0 Å². The number of hydrogen-bond acceptors (Lipinski definition) is 3. The molecule has 3 heteroatoms. The lowest BCUT2D eigenvalue weighted by molar-refractivity contribution is 0.199. The van der Waals surface area contributed by atoms with Gasteiger partial charge >= 0.3 is 0 Å². The summed E-state index contributed by atoms with van der Waals surface area (Å²) in [4.78, 5) is 0. The van der Waals surface area contributed by atoms with E-state index in [9.17, 15) is 0 Å². The average molecular weight is 264 g/mol. The van der Waals surface area contributed by atoms with Crippen LogP contribution in [0.15, 0.2) is 18.2 Å². The van der Waals surface area contributed by atoms with Crippen molar-refractivity contribution in [3.8, 4) is 0 Å². The molecule has 1 aromatic rings. The molecule has 0 atom stereocenters. The lowest BCUT2D eigenvalue weighted by Gasteiger charge is -2.07. The molecule has 0 aliphatic carbocycles. The van der Waals surface area contributed by atoms with Gasteiger partial charge < -0.3 is 15.4 Å². The third-order valence-corrected chi connectivity index (χ3v) is 3.35. The van der Waals surface area contributed by atoms with Gasteiger partial charge in [0, 0.05) is 13.7 Å². The Bertz CT molecular complexity index is 353. The van der Waals surface area contributed by atoms with Gasteiger partial charge in [-0.1, -0.05) is 18.2 Å². The van der Waals surface area contributed by atoms with Crippen molar-refractivity contribution in [2.75, 3.05) is 39.9 Å². The monoisotopic (exact) mass is 264 g/mol. The van der Waals surface area contributed by atoms with Gasteiger partial charge in [0.15, 0.2) is 0 Å². The van der Waals surface area contributed by atoms with Crippen LogP contribution in [0.4, 0.5) is 0 Å². The summed E-state index contributed by atoms with van der Waals surface area (Å²) in [6, 6.07) is 6.74. The number of nitrogens with one attached hydrogen (secondary N) is 2. The zero-order valence-corrected chi connectivity index (χ0v) is 12.6. The van der Waals surface area contributed by atoms with E-state index in [1.807, 2.05) is 0 Å². The molecule has 0 aliphatic heterocycles. The molecule has 1 rings (SSSR count). The molecule has 2 N–H and O–H groups in total. The van der Waals surface area contributed by atoms with Crippen LogP contribution in [0.5, 0.6) is 0 Å². The van der Waals surface area contributed by atoms with E-state index in [1.165, 1.54) is 16.7 Å². The lowest BCUT2D eigenvalue weighted by atomic mass is 10.0. The highest BCUT2D eigenvalue weighted by Gasteiger charge is 1.96. The Morgan fingerprint density at radius 2 is 1.68 bits per heavy atom. The van der Waals surface area contributed by atoms with E-state index < -0.39 is 0 Å². The highest BCUT2D eigenvalue weighted by atomic mass is 16.5. The highest BCUT2D eigenvalue weighted by Crippen LogP contribution is 2.09. The van der Waals surface area contributed by atoms with Crippen molar-refractivity contribution in [1.29, 1.82) is 0 Å². The molecule has 0 aliphatic rings. The first-order chi connectivity index (χ1) is 9.24. The van der Waals surface area contributed by atoms with Gasteiger partial charge in [0.2, 0.25) is 0 Å². The first kappa shape index (κ1) is 16.2. The Balaban J connectivity index is 2.00. The highest BCUT2D eigenvalue weighted by molar-refractivity contribution is 5.29. The van der Waals surface area contributed by atoms with E-state index in [0.29, 0.717) is 0 Å². The van der Waals surface area contributed by atoms with Crippen molar-refractivity contribution < 1.29 is 4.74 Å². The Morgan fingerprint density at radius 1 is 0.947 bits per heavy atom. The molecular formula is C16H28N2O. The van der Waals surface area contributed by atoms with Crippen LogP contribution in [0.3, 0.4) is 0 Å². The van der Waals surface area contributed by atoms with Crippen LogP contribution in [0.2, 0.25) is 0 Å². The second-order valence-corrected chi connectivity index (χ2v) is 5.01. The molecular weight excluding hydrogens is 236 g/mol. The summed E-state index contributed by atoms with van der Waals surface area (Å²) in [7, 11) is 1.73. The number of hydrogen-bond donors (Lipinski definition) is 2. The van der Waals surface area contributed by atoms with Crippen LogP contribution >= 0.6 is 0 Å². The summed E-state index contributed by atoms with van der Waals surface area (Å²) in [5, 5.41) is 6.83. The van der Waals surface area contributed by atoms with Crippen LogP contribution < -0.4 is 10.6 Å². The quantitative estimate of drug-likeness (QED) is 0.635. The third kappa shape index (κ3) is 7.31. The Kier molecular flexibility index (Phi) is 8.47. The van der Waals surface area contributed by atoms with Gasteiger partial charge in [-0.05, 0) is 63.0 Å². The van der Waals surface area contributed by atoms with E-state index in [-0.39, 0.29) is 0 Å². The molecule has 0 bridgehead atoms. The topological polar surface area (TPSA) is 33.3 Å². The Hall–Kier alpha value is -0.900. The third-order valence-electron chi connectivity index (χ3n) is 3.35. The van der Waals surface area contributed by atoms with Gasteiger partial charge in [-0.3, -0.25) is 0 Å². The van der Waals surface area contributed by atoms with Crippen LogP contribution in [0.25, 0.3) is 0 Å². The zero-order chi connectivity index (χ0) is 13.9. The van der Waals surface area contributed by atoms with E-state index in [2.05, 4.69) is 42.7 Å². The second-order valence-electron chi connectivity index (χ2n) is 5.01. The van der Waals surface area contributed by atoms with Gasteiger partial charge in [0.1, 0.15) is 0 Å². The number of aryl methyl sites for hydroxylation is 2. The normalized spacial score (nSPS) is 10.9. The van der Waals surface area contributed by atoms with Gasteiger partial charge in [-0.15, -0.1) is 0 Å². The first-order valence-corrected chi connectivity index (χ1v) is 7.20. The molecule has 19 heavy (non-hydrogen) atoms. The molecule has 0 aromatic heterocycles. The maximum atomic E-state index is 4.98. The number of rotatable bonds is 10. The minimum Gasteiger partial charge on any atom is -0.383 e. The molecule has 0 spiro atoms. The summed E-state index contributed by atoms with van der Waals surface area (Å²) >= 11 is 0. The standard InChI is InChI=1S/C16H28N2O/c1-14-5-6-16(13-15(14)2)7-10-17-8-4-9-18-11-12-19-3/h5-6,13,17-18H,4,7-12H2,1-3H3. The number of benzene rings is 1. The molecule has 3 nitrogen and oxygen atoms in total. The van der Waals surface area contributed by atoms with Gasteiger partial charge in [-0.25, -0.2) is 0 Å². The maximum Gasteiger partial charge on any atom is 0.0587 e. The van der Waals surface area contributed by atoms with Crippen LogP contribution in [-0.2, 0) is 11.2 Å². The summed E-state index contributed by atoms with van der Waals surface area (Å²) in [5.74, 6) is 0. The van der Waals surface area contributed by atoms with Crippen LogP contribution in [-0.4, -0.2) is 39.9 Å².